The highest BCUT2D eigenvalue weighted by molar-refractivity contribution is 6.35. The molecular formula is C16H10Cl2O2. The van der Waals surface area contributed by atoms with Crippen molar-refractivity contribution in [3.63, 3.8) is 0 Å². The van der Waals surface area contributed by atoms with Crippen LogP contribution in [-0.2, 0) is 0 Å². The van der Waals surface area contributed by atoms with Crippen LogP contribution in [0.4, 0.5) is 0 Å². The van der Waals surface area contributed by atoms with Crippen molar-refractivity contribution < 1.29 is 4.42 Å². The number of halogens is 2. The smallest absolute Gasteiger partial charge is 0.200 e. The number of hydrogen-bond donors (Lipinski definition) is 0. The molecule has 3 aromatic rings. The number of benzene rings is 2. The van der Waals surface area contributed by atoms with Crippen LogP contribution in [0.5, 0.6) is 0 Å². The molecule has 0 aliphatic carbocycles. The lowest BCUT2D eigenvalue weighted by molar-refractivity contribution is 0.604. The maximum absolute atomic E-state index is 12.5. The fourth-order valence-corrected chi connectivity index (χ4v) is 2.52. The largest absolute Gasteiger partial charge is 0.463 e. The van der Waals surface area contributed by atoms with E-state index < -0.39 is 0 Å². The second-order valence-corrected chi connectivity index (χ2v) is 5.45. The first-order valence-corrected chi connectivity index (χ1v) is 6.79. The molecule has 100 valence electrons. The van der Waals surface area contributed by atoms with E-state index in [2.05, 4.69) is 0 Å². The van der Waals surface area contributed by atoms with E-state index in [9.17, 15) is 4.79 Å². The van der Waals surface area contributed by atoms with Crippen LogP contribution in [0.25, 0.3) is 22.1 Å². The Balaban J connectivity index is 2.33. The second kappa shape index (κ2) is 4.97. The quantitative estimate of drug-likeness (QED) is 0.628. The van der Waals surface area contributed by atoms with E-state index in [-0.39, 0.29) is 5.43 Å². The van der Waals surface area contributed by atoms with E-state index in [1.165, 1.54) is 6.26 Å². The highest BCUT2D eigenvalue weighted by atomic mass is 35.5. The van der Waals surface area contributed by atoms with Gasteiger partial charge in [-0.3, -0.25) is 4.79 Å². The van der Waals surface area contributed by atoms with Crippen LogP contribution < -0.4 is 5.43 Å². The Bertz CT molecular complexity index is 866. The third-order valence-corrected chi connectivity index (χ3v) is 3.71. The molecule has 4 heteroatoms. The Morgan fingerprint density at radius 2 is 1.80 bits per heavy atom. The zero-order valence-corrected chi connectivity index (χ0v) is 12.1. The van der Waals surface area contributed by atoms with Crippen molar-refractivity contribution in [1.29, 1.82) is 0 Å². The van der Waals surface area contributed by atoms with Crippen LogP contribution in [0.2, 0.25) is 10.0 Å². The summed E-state index contributed by atoms with van der Waals surface area (Å²) in [5.74, 6) is 0. The third-order valence-electron chi connectivity index (χ3n) is 3.15. The highest BCUT2D eigenvalue weighted by Gasteiger charge is 2.12. The summed E-state index contributed by atoms with van der Waals surface area (Å²) in [4.78, 5) is 12.5. The molecule has 0 aliphatic rings. The Morgan fingerprint density at radius 1 is 1.00 bits per heavy atom. The molecule has 0 unspecified atom stereocenters. The molecule has 0 amide bonds. The fraction of sp³-hybridized carbons (Fsp3) is 0.0625. The first kappa shape index (κ1) is 13.2. The summed E-state index contributed by atoms with van der Waals surface area (Å²) in [6.45, 7) is 1.95. The van der Waals surface area contributed by atoms with Crippen molar-refractivity contribution in [2.75, 3.05) is 0 Å². The van der Waals surface area contributed by atoms with Crippen LogP contribution in [0.3, 0.4) is 0 Å². The molecule has 0 aliphatic heterocycles. The molecule has 0 N–H and O–H groups in total. The number of rotatable bonds is 1. The molecule has 3 rings (SSSR count). The summed E-state index contributed by atoms with van der Waals surface area (Å²) in [6.07, 6.45) is 1.43. The van der Waals surface area contributed by atoms with Crippen LogP contribution >= 0.6 is 23.2 Å². The first-order chi connectivity index (χ1) is 9.56. The number of fused-ring (bicyclic) bond motifs is 1. The van der Waals surface area contributed by atoms with Crippen LogP contribution in [0, 0.1) is 6.92 Å². The molecule has 0 fully saturated rings. The van der Waals surface area contributed by atoms with E-state index in [1.807, 2.05) is 19.1 Å². The van der Waals surface area contributed by atoms with Crippen molar-refractivity contribution in [3.8, 4) is 11.1 Å². The lowest BCUT2D eigenvalue weighted by Gasteiger charge is -2.06. The van der Waals surface area contributed by atoms with Gasteiger partial charge in [-0.25, -0.2) is 0 Å². The minimum atomic E-state index is -0.115. The van der Waals surface area contributed by atoms with Crippen LogP contribution in [-0.4, -0.2) is 0 Å². The van der Waals surface area contributed by atoms with Gasteiger partial charge >= 0.3 is 0 Å². The van der Waals surface area contributed by atoms with Crippen LogP contribution in [0.15, 0.2) is 51.9 Å². The molecule has 0 radical (unpaired) electrons. The van der Waals surface area contributed by atoms with Gasteiger partial charge in [0.05, 0.1) is 10.9 Å². The maximum Gasteiger partial charge on any atom is 0.200 e. The Labute approximate surface area is 125 Å². The fourth-order valence-electron chi connectivity index (χ4n) is 2.13. The third kappa shape index (κ3) is 2.21. The number of aryl methyl sites for hydroxylation is 1. The van der Waals surface area contributed by atoms with E-state index in [0.29, 0.717) is 32.1 Å². The van der Waals surface area contributed by atoms with Gasteiger partial charge in [0.15, 0.2) is 0 Å². The second-order valence-electron chi connectivity index (χ2n) is 4.60. The number of hydrogen-bond acceptors (Lipinski definition) is 2. The van der Waals surface area contributed by atoms with E-state index in [1.54, 1.807) is 24.3 Å². The molecule has 0 saturated heterocycles. The summed E-state index contributed by atoms with van der Waals surface area (Å²) >= 11 is 12.1. The SMILES string of the molecule is Cc1ccc2c(=O)c(-c3cc(Cl)ccc3Cl)coc2c1. The zero-order valence-electron chi connectivity index (χ0n) is 10.6. The predicted molar refractivity (Wildman–Crippen MR) is 82.7 cm³/mol. The molecule has 1 aromatic heterocycles. The molecule has 0 atom stereocenters. The van der Waals surface area contributed by atoms with Crippen molar-refractivity contribution in [2.24, 2.45) is 0 Å². The van der Waals surface area contributed by atoms with E-state index >= 15 is 0 Å². The van der Waals surface area contributed by atoms with Gasteiger partial charge in [-0.05, 0) is 42.8 Å². The normalized spacial score (nSPS) is 10.9. The van der Waals surface area contributed by atoms with Gasteiger partial charge in [0.1, 0.15) is 11.8 Å². The van der Waals surface area contributed by atoms with Gasteiger partial charge < -0.3 is 4.42 Å². The van der Waals surface area contributed by atoms with Gasteiger partial charge in [-0.15, -0.1) is 0 Å². The lowest BCUT2D eigenvalue weighted by atomic mass is 10.0. The Kier molecular flexibility index (Phi) is 3.28. The van der Waals surface area contributed by atoms with Crippen LogP contribution in [0.1, 0.15) is 5.56 Å². The standard InChI is InChI=1S/C16H10Cl2O2/c1-9-2-4-11-15(6-9)20-8-13(16(11)19)12-7-10(17)3-5-14(12)18/h2-8H,1H3. The van der Waals surface area contributed by atoms with Gasteiger partial charge in [0, 0.05) is 15.6 Å². The van der Waals surface area contributed by atoms with Gasteiger partial charge in [0.25, 0.3) is 0 Å². The average molecular weight is 305 g/mol. The lowest BCUT2D eigenvalue weighted by Crippen LogP contribution is -2.05. The van der Waals surface area contributed by atoms with Gasteiger partial charge in [-0.1, -0.05) is 29.3 Å². The van der Waals surface area contributed by atoms with E-state index in [4.69, 9.17) is 27.6 Å². The minimum Gasteiger partial charge on any atom is -0.463 e. The Hall–Kier alpha value is -1.77. The molecule has 0 saturated carbocycles. The van der Waals surface area contributed by atoms with E-state index in [0.717, 1.165) is 5.56 Å². The molecule has 2 nitrogen and oxygen atoms in total. The molecule has 0 spiro atoms. The zero-order chi connectivity index (χ0) is 14.3. The average Bonchev–Trinajstić information content (AvgIpc) is 2.42. The Morgan fingerprint density at radius 3 is 2.60 bits per heavy atom. The van der Waals surface area contributed by atoms with Crippen molar-refractivity contribution >= 4 is 34.2 Å². The minimum absolute atomic E-state index is 0.115. The summed E-state index contributed by atoms with van der Waals surface area (Å²) in [6, 6.07) is 10.5. The first-order valence-electron chi connectivity index (χ1n) is 6.04. The van der Waals surface area contributed by atoms with Crippen molar-refractivity contribution in [3.05, 3.63) is 68.5 Å². The van der Waals surface area contributed by atoms with Gasteiger partial charge in [-0.2, -0.15) is 0 Å². The maximum atomic E-state index is 12.5. The molecular weight excluding hydrogens is 295 g/mol. The molecule has 2 aromatic carbocycles. The summed E-state index contributed by atoms with van der Waals surface area (Å²) in [5, 5.41) is 1.52. The molecule has 20 heavy (non-hydrogen) atoms. The molecule has 1 heterocycles. The molecule has 0 bridgehead atoms. The van der Waals surface area contributed by atoms with Gasteiger partial charge in [0.2, 0.25) is 5.43 Å². The summed E-state index contributed by atoms with van der Waals surface area (Å²) in [5.41, 5.74) is 2.48. The van der Waals surface area contributed by atoms with Crippen molar-refractivity contribution in [2.45, 2.75) is 6.92 Å². The van der Waals surface area contributed by atoms with Crippen molar-refractivity contribution in [1.82, 2.24) is 0 Å². The summed E-state index contributed by atoms with van der Waals surface area (Å²) in [7, 11) is 0. The predicted octanol–water partition coefficient (Wildman–Crippen LogP) is 5.08. The monoisotopic (exact) mass is 304 g/mol. The topological polar surface area (TPSA) is 30.2 Å². The highest BCUT2D eigenvalue weighted by Crippen LogP contribution is 2.29. The summed E-state index contributed by atoms with van der Waals surface area (Å²) < 4.78 is 5.55.